The lowest BCUT2D eigenvalue weighted by Gasteiger charge is -2.17. The van der Waals surface area contributed by atoms with Gasteiger partial charge in [0.05, 0.1) is 20.2 Å². The Bertz CT molecular complexity index is 1240. The van der Waals surface area contributed by atoms with Crippen LogP contribution in [0.5, 0.6) is 5.75 Å². The maximum absolute atomic E-state index is 12.1. The van der Waals surface area contributed by atoms with Crippen molar-refractivity contribution >= 4 is 52.0 Å². The average Bonchev–Trinajstić information content (AvgIpc) is 3.36. The third-order valence-electron chi connectivity index (χ3n) is 5.33. The highest BCUT2D eigenvalue weighted by atomic mass is 127. The molecule has 0 radical (unpaired) electrons. The van der Waals surface area contributed by atoms with E-state index in [4.69, 9.17) is 10.5 Å². The van der Waals surface area contributed by atoms with E-state index in [0.717, 1.165) is 47.9 Å². The van der Waals surface area contributed by atoms with Crippen LogP contribution in [-0.4, -0.2) is 45.0 Å². The molecule has 0 atom stereocenters. The number of halogens is 1. The van der Waals surface area contributed by atoms with E-state index >= 15 is 0 Å². The summed E-state index contributed by atoms with van der Waals surface area (Å²) in [5, 5.41) is 0. The molecule has 32 heavy (non-hydrogen) atoms. The van der Waals surface area contributed by atoms with Crippen molar-refractivity contribution in [1.29, 1.82) is 0 Å². The number of nitrogens with zero attached hydrogens (tertiary/aromatic N) is 5. The summed E-state index contributed by atoms with van der Waals surface area (Å²) in [5.74, 6) is 3.29. The van der Waals surface area contributed by atoms with E-state index in [9.17, 15) is 4.79 Å². The number of aryl methyl sites for hydroxylation is 2. The fourth-order valence-electron chi connectivity index (χ4n) is 3.85. The minimum absolute atomic E-state index is 0. The van der Waals surface area contributed by atoms with Gasteiger partial charge in [-0.25, -0.2) is 19.1 Å². The number of fused-ring (bicyclic) bond motifs is 2. The van der Waals surface area contributed by atoms with Gasteiger partial charge in [-0.3, -0.25) is 9.69 Å². The van der Waals surface area contributed by atoms with Crippen LogP contribution in [0.3, 0.4) is 0 Å². The molecule has 1 aromatic carbocycles. The van der Waals surface area contributed by atoms with Gasteiger partial charge in [-0.1, -0.05) is 0 Å². The second-order valence-corrected chi connectivity index (χ2v) is 8.02. The number of aromatic nitrogens is 5. The summed E-state index contributed by atoms with van der Waals surface area (Å²) in [7, 11) is 1.66. The van der Waals surface area contributed by atoms with Gasteiger partial charge >= 0.3 is 0 Å². The van der Waals surface area contributed by atoms with E-state index < -0.39 is 0 Å². The van der Waals surface area contributed by atoms with E-state index in [1.807, 2.05) is 18.2 Å². The Morgan fingerprint density at radius 2 is 2.16 bits per heavy atom. The van der Waals surface area contributed by atoms with Crippen molar-refractivity contribution < 1.29 is 38.1 Å². The van der Waals surface area contributed by atoms with Gasteiger partial charge in [-0.2, -0.15) is 11.8 Å². The highest BCUT2D eigenvalue weighted by Crippen LogP contribution is 2.25. The molecule has 4 rings (SSSR count). The monoisotopic (exact) mass is 567 g/mol. The number of nitrogens with one attached hydrogen (secondary N) is 1. The number of hydrogen-bond donors (Lipinski definition) is 2. The molecule has 3 N–H and O–H groups in total. The zero-order valence-corrected chi connectivity index (χ0v) is 21.2. The van der Waals surface area contributed by atoms with E-state index in [-0.39, 0.29) is 29.8 Å². The molecular formula is C21H26IN7O2S. The zero-order chi connectivity index (χ0) is 22.0. The highest BCUT2D eigenvalue weighted by Gasteiger charge is 2.28. The van der Waals surface area contributed by atoms with Crippen molar-refractivity contribution in [2.24, 2.45) is 0 Å². The van der Waals surface area contributed by atoms with E-state index in [1.54, 1.807) is 25.1 Å². The summed E-state index contributed by atoms with van der Waals surface area (Å²) in [6.45, 7) is 3.97. The van der Waals surface area contributed by atoms with Crippen LogP contribution in [0, 0.1) is 0 Å². The summed E-state index contributed by atoms with van der Waals surface area (Å²) in [6.07, 6.45) is 4.59. The number of thioether (sulfide) groups is 1. The van der Waals surface area contributed by atoms with Gasteiger partial charge in [-0.05, 0) is 31.4 Å². The van der Waals surface area contributed by atoms with Gasteiger partial charge in [0.2, 0.25) is 6.41 Å². The minimum atomic E-state index is 0. The average molecular weight is 567 g/mol. The number of amides is 1. The lowest BCUT2D eigenvalue weighted by molar-refractivity contribution is -0.675. The fraction of sp³-hybridized carbons (Fsp3) is 0.333. The second-order valence-electron chi connectivity index (χ2n) is 7.04. The lowest BCUT2D eigenvalue weighted by Crippen LogP contribution is -3.00. The Labute approximate surface area is 207 Å². The summed E-state index contributed by atoms with van der Waals surface area (Å²) < 4.78 is 9.90. The topological polar surface area (TPSA) is 106 Å². The molecule has 0 aliphatic heterocycles. The van der Waals surface area contributed by atoms with Crippen LogP contribution in [0.4, 0.5) is 11.6 Å². The van der Waals surface area contributed by atoms with Gasteiger partial charge in [0, 0.05) is 18.0 Å². The van der Waals surface area contributed by atoms with Crippen LogP contribution in [0.15, 0.2) is 30.5 Å². The van der Waals surface area contributed by atoms with Crippen molar-refractivity contribution in [1.82, 2.24) is 19.5 Å². The van der Waals surface area contributed by atoms with Gasteiger partial charge in [0.15, 0.2) is 28.3 Å². The van der Waals surface area contributed by atoms with Gasteiger partial charge < -0.3 is 39.4 Å². The van der Waals surface area contributed by atoms with Crippen LogP contribution in [0.25, 0.3) is 22.2 Å². The van der Waals surface area contributed by atoms with Gasteiger partial charge in [0.1, 0.15) is 17.8 Å². The Morgan fingerprint density at radius 1 is 1.34 bits per heavy atom. The first-order chi connectivity index (χ1) is 15.1. The summed E-state index contributed by atoms with van der Waals surface area (Å²) in [6, 6.07) is 7.86. The smallest absolute Gasteiger partial charge is 0.277 e. The summed E-state index contributed by atoms with van der Waals surface area (Å²) in [4.78, 5) is 25.6. The maximum atomic E-state index is 12.1. The van der Waals surface area contributed by atoms with Crippen molar-refractivity contribution in [3.63, 3.8) is 0 Å². The van der Waals surface area contributed by atoms with Crippen LogP contribution in [0.1, 0.15) is 12.7 Å². The summed E-state index contributed by atoms with van der Waals surface area (Å²) >= 11 is 1.78. The van der Waals surface area contributed by atoms with Gasteiger partial charge in [-0.15, -0.1) is 0 Å². The predicted molar refractivity (Wildman–Crippen MR) is 123 cm³/mol. The summed E-state index contributed by atoms with van der Waals surface area (Å²) in [5.41, 5.74) is 9.56. The Kier molecular flexibility index (Phi) is 7.82. The molecule has 0 aliphatic carbocycles. The van der Waals surface area contributed by atoms with Crippen molar-refractivity contribution in [2.45, 2.75) is 26.6 Å². The molecule has 0 saturated heterocycles. The molecule has 0 fully saturated rings. The number of imidazole rings is 1. The molecule has 0 bridgehead atoms. The molecule has 11 heteroatoms. The first-order valence-corrected chi connectivity index (χ1v) is 11.4. The number of carbonyl (C=O) groups is 1. The predicted octanol–water partition coefficient (Wildman–Crippen LogP) is -0.659. The molecule has 170 valence electrons. The number of hydrogen-bond acceptors (Lipinski definition) is 6. The highest BCUT2D eigenvalue weighted by molar-refractivity contribution is 7.98. The fourth-order valence-corrected chi connectivity index (χ4v) is 4.22. The van der Waals surface area contributed by atoms with E-state index in [2.05, 4.69) is 43.3 Å². The first kappa shape index (κ1) is 24.1. The zero-order valence-electron chi connectivity index (χ0n) is 18.2. The Morgan fingerprint density at radius 3 is 2.84 bits per heavy atom. The standard InChI is InChI=1S/C21H26N7O2S.HI/c1-4-27-17-11-14(30-2)5-6-16(17)28(9-10-31-3)18(27)12-26(13-29)21-19(22)25-20-15(24-21)7-8-23-20;/h5-8,11,13H,4,9-10,12H2,1-3H3,(H3,22,23,25);1H/q+1;/p-1. The van der Waals surface area contributed by atoms with Crippen LogP contribution in [-0.2, 0) is 24.4 Å². The molecule has 0 spiro atoms. The SMILES string of the molecule is CCn1c(CN(C=O)c2nc3cc[nH]c3nc2N)[n+](CCSC)c2ccc(OC)cc21.[I-]. The molecule has 4 aromatic rings. The lowest BCUT2D eigenvalue weighted by atomic mass is 10.3. The van der Waals surface area contributed by atoms with E-state index in [1.165, 1.54) is 4.90 Å². The maximum Gasteiger partial charge on any atom is 0.277 e. The number of carbonyl (C=O) groups excluding carboxylic acids is 1. The Balaban J connectivity index is 0.00000289. The number of rotatable bonds is 9. The number of methoxy groups -OCH3 is 1. The number of aromatic amines is 1. The molecule has 3 aromatic heterocycles. The normalized spacial score (nSPS) is 11.0. The van der Waals surface area contributed by atoms with Gasteiger partial charge in [0.25, 0.3) is 5.82 Å². The minimum Gasteiger partial charge on any atom is -1.00 e. The molecular weight excluding hydrogens is 541 g/mol. The first-order valence-electron chi connectivity index (χ1n) is 10.0. The molecule has 1 amide bonds. The van der Waals surface area contributed by atoms with Crippen LogP contribution in [0.2, 0.25) is 0 Å². The molecule has 3 heterocycles. The van der Waals surface area contributed by atoms with Crippen LogP contribution >= 0.6 is 11.8 Å². The largest absolute Gasteiger partial charge is 1.00 e. The van der Waals surface area contributed by atoms with Crippen molar-refractivity contribution in [2.75, 3.05) is 29.8 Å². The number of nitrogen functional groups attached to an aromatic ring is 1. The second kappa shape index (κ2) is 10.4. The number of nitrogens with two attached hydrogens (primary N) is 1. The third-order valence-corrected chi connectivity index (χ3v) is 5.92. The van der Waals surface area contributed by atoms with E-state index in [0.29, 0.717) is 23.5 Å². The van der Waals surface area contributed by atoms with Crippen molar-refractivity contribution in [3.8, 4) is 5.75 Å². The number of H-pyrrole nitrogens is 1. The molecule has 0 unspecified atom stereocenters. The third kappa shape index (κ3) is 4.35. The van der Waals surface area contributed by atoms with Crippen molar-refractivity contribution in [3.05, 3.63) is 36.3 Å². The number of anilines is 2. The Hall–Kier alpha value is -2.54. The quantitative estimate of drug-likeness (QED) is 0.158. The molecule has 0 aliphatic rings. The van der Waals surface area contributed by atoms with Crippen LogP contribution < -0.4 is 43.9 Å². The molecule has 9 nitrogen and oxygen atoms in total. The number of ether oxygens (including phenoxy) is 1. The molecule has 0 saturated carbocycles. The number of benzene rings is 1.